The van der Waals surface area contributed by atoms with Crippen molar-refractivity contribution < 1.29 is 9.53 Å². The number of nitrogens with two attached hydrogens (primary N) is 1. The van der Waals surface area contributed by atoms with Crippen molar-refractivity contribution in [3.05, 3.63) is 34.7 Å². The van der Waals surface area contributed by atoms with Gasteiger partial charge in [-0.25, -0.2) is 0 Å². The molecule has 0 aliphatic carbocycles. The summed E-state index contributed by atoms with van der Waals surface area (Å²) in [5.41, 5.74) is 14.4. The summed E-state index contributed by atoms with van der Waals surface area (Å²) in [6, 6.07) is 6.51. The summed E-state index contributed by atoms with van der Waals surface area (Å²) in [4.78, 5) is 14.7. The molecule has 18 heavy (non-hydrogen) atoms. The van der Waals surface area contributed by atoms with E-state index in [1.54, 1.807) is 12.1 Å². The second-order valence-corrected chi connectivity index (χ2v) is 5.60. The van der Waals surface area contributed by atoms with Gasteiger partial charge in [-0.3, -0.25) is 4.79 Å². The van der Waals surface area contributed by atoms with Crippen LogP contribution in [0.1, 0.15) is 0 Å². The molecule has 0 fully saturated rings. The summed E-state index contributed by atoms with van der Waals surface area (Å²) in [7, 11) is 4.28. The first kappa shape index (κ1) is 14.7. The minimum atomic E-state index is -0.616. The highest BCUT2D eigenvalue weighted by Gasteiger charge is 2.13. The zero-order chi connectivity index (χ0) is 13.4. The molecule has 2 N–H and O–H groups in total. The van der Waals surface area contributed by atoms with Gasteiger partial charge in [-0.1, -0.05) is 38.8 Å². The van der Waals surface area contributed by atoms with Crippen molar-refractivity contribution in [3.63, 3.8) is 0 Å². The molecule has 1 atom stereocenters. The van der Waals surface area contributed by atoms with Crippen molar-refractivity contribution in [1.82, 2.24) is 0 Å². The maximum Gasteiger partial charge on any atom is 0.323 e. The summed E-state index contributed by atoms with van der Waals surface area (Å²) in [6.45, 7) is 0. The van der Waals surface area contributed by atoms with Crippen LogP contribution in [0.15, 0.2) is 34.3 Å². The maximum absolute atomic E-state index is 11.1. The van der Waals surface area contributed by atoms with Crippen LogP contribution in [0.4, 0.5) is 5.69 Å². The third kappa shape index (κ3) is 4.89. The molecule has 0 aromatic heterocycles. The Hall–Kier alpha value is -1.34. The number of hydrogen-bond donors (Lipinski definition) is 1. The summed E-state index contributed by atoms with van der Waals surface area (Å²) in [5.74, 6) is 0.0527. The third-order valence-electron chi connectivity index (χ3n) is 1.90. The number of carbonyl (C=O) groups excluding carboxylic acids is 1. The molecule has 0 radical (unpaired) electrons. The van der Waals surface area contributed by atoms with E-state index in [-0.39, 0.29) is 0 Å². The van der Waals surface area contributed by atoms with Gasteiger partial charge in [-0.2, -0.15) is 0 Å². The summed E-state index contributed by atoms with van der Waals surface area (Å²) in [5, 5.41) is 3.47. The van der Waals surface area contributed by atoms with Gasteiger partial charge in [-0.05, 0) is 17.7 Å². The van der Waals surface area contributed by atoms with Crippen LogP contribution in [0.3, 0.4) is 0 Å². The molecule has 0 aliphatic rings. The van der Waals surface area contributed by atoms with Gasteiger partial charge in [0.2, 0.25) is 0 Å². The standard InChI is InChI=1S/C10H12N4O2S2/c1-16-10(15)9(11)6-17-18-8-4-2-7(3-5-8)13-14-12/h2-5,9H,6,11H2,1H3. The number of carbonyl (C=O) groups is 1. The van der Waals surface area contributed by atoms with Crippen LogP contribution in [-0.4, -0.2) is 24.9 Å². The van der Waals surface area contributed by atoms with Crippen LogP contribution >= 0.6 is 21.6 Å². The first-order chi connectivity index (χ1) is 8.67. The molecule has 1 unspecified atom stereocenters. The van der Waals surface area contributed by atoms with E-state index in [4.69, 9.17) is 11.3 Å². The van der Waals surface area contributed by atoms with Gasteiger partial charge in [0, 0.05) is 21.2 Å². The number of nitrogens with zero attached hydrogens (tertiary/aromatic N) is 3. The Labute approximate surface area is 112 Å². The van der Waals surface area contributed by atoms with Crippen LogP contribution in [0.25, 0.3) is 10.4 Å². The van der Waals surface area contributed by atoms with E-state index in [9.17, 15) is 4.79 Å². The van der Waals surface area contributed by atoms with Crippen molar-refractivity contribution in [2.24, 2.45) is 10.8 Å². The predicted octanol–water partition coefficient (Wildman–Crippen LogP) is 2.87. The predicted molar refractivity (Wildman–Crippen MR) is 73.6 cm³/mol. The number of rotatable bonds is 6. The number of azide groups is 1. The minimum Gasteiger partial charge on any atom is -0.468 e. The monoisotopic (exact) mass is 284 g/mol. The van der Waals surface area contributed by atoms with Crippen LogP contribution in [0.2, 0.25) is 0 Å². The second kappa shape index (κ2) is 7.88. The summed E-state index contributed by atoms with van der Waals surface area (Å²) >= 11 is 0. The van der Waals surface area contributed by atoms with Gasteiger partial charge in [-0.15, -0.1) is 0 Å². The largest absolute Gasteiger partial charge is 0.468 e. The molecule has 1 rings (SSSR count). The third-order valence-corrected chi connectivity index (χ3v) is 4.32. The Balaban J connectivity index is 2.40. The van der Waals surface area contributed by atoms with Crippen LogP contribution in [0.5, 0.6) is 0 Å². The van der Waals surface area contributed by atoms with Crippen molar-refractivity contribution in [2.75, 3.05) is 12.9 Å². The molecule has 0 amide bonds. The van der Waals surface area contributed by atoms with E-state index >= 15 is 0 Å². The number of methoxy groups -OCH3 is 1. The molecular weight excluding hydrogens is 272 g/mol. The lowest BCUT2D eigenvalue weighted by atomic mass is 10.3. The Kier molecular flexibility index (Phi) is 6.45. The average Bonchev–Trinajstić information content (AvgIpc) is 2.40. The highest BCUT2D eigenvalue weighted by molar-refractivity contribution is 8.76. The zero-order valence-electron chi connectivity index (χ0n) is 9.65. The van der Waals surface area contributed by atoms with Gasteiger partial charge < -0.3 is 10.5 Å². The lowest BCUT2D eigenvalue weighted by molar-refractivity contribution is -0.141. The molecule has 0 heterocycles. The quantitative estimate of drug-likeness (QED) is 0.284. The normalized spacial score (nSPS) is 11.4. The lowest BCUT2D eigenvalue weighted by Gasteiger charge is -2.07. The Morgan fingerprint density at radius 2 is 2.22 bits per heavy atom. The molecule has 8 heteroatoms. The molecule has 0 aliphatic heterocycles. The Morgan fingerprint density at radius 3 is 2.78 bits per heavy atom. The van der Waals surface area contributed by atoms with Crippen molar-refractivity contribution in [3.8, 4) is 0 Å². The Morgan fingerprint density at radius 1 is 1.56 bits per heavy atom. The van der Waals surface area contributed by atoms with Gasteiger partial charge in [0.1, 0.15) is 6.04 Å². The van der Waals surface area contributed by atoms with Crippen LogP contribution in [-0.2, 0) is 9.53 Å². The number of esters is 1. The van der Waals surface area contributed by atoms with E-state index in [1.165, 1.54) is 28.7 Å². The Bertz CT molecular complexity index is 446. The van der Waals surface area contributed by atoms with E-state index in [2.05, 4.69) is 14.8 Å². The molecule has 0 spiro atoms. The lowest BCUT2D eigenvalue weighted by Crippen LogP contribution is -2.33. The summed E-state index contributed by atoms with van der Waals surface area (Å²) < 4.78 is 4.52. The second-order valence-electron chi connectivity index (χ2n) is 3.18. The first-order valence-corrected chi connectivity index (χ1v) is 7.27. The number of benzene rings is 1. The fraction of sp³-hybridized carbons (Fsp3) is 0.300. The zero-order valence-corrected chi connectivity index (χ0v) is 11.3. The highest BCUT2D eigenvalue weighted by Crippen LogP contribution is 2.32. The molecule has 96 valence electrons. The van der Waals surface area contributed by atoms with E-state index in [0.29, 0.717) is 11.4 Å². The highest BCUT2D eigenvalue weighted by atomic mass is 33.1. The molecule has 6 nitrogen and oxygen atoms in total. The summed E-state index contributed by atoms with van der Waals surface area (Å²) in [6.07, 6.45) is 0. The topological polar surface area (TPSA) is 101 Å². The van der Waals surface area contributed by atoms with Crippen molar-refractivity contribution in [2.45, 2.75) is 10.9 Å². The van der Waals surface area contributed by atoms with E-state index in [0.717, 1.165) is 4.90 Å². The fourth-order valence-electron chi connectivity index (χ4n) is 1.01. The molecule has 1 aromatic carbocycles. The molecule has 0 saturated heterocycles. The minimum absolute atomic E-state index is 0.415. The van der Waals surface area contributed by atoms with Gasteiger partial charge in [0.05, 0.1) is 7.11 Å². The smallest absolute Gasteiger partial charge is 0.323 e. The van der Waals surface area contributed by atoms with Crippen LogP contribution in [0, 0.1) is 0 Å². The number of ether oxygens (including phenoxy) is 1. The molecule has 0 saturated carbocycles. The van der Waals surface area contributed by atoms with Gasteiger partial charge in [0.15, 0.2) is 0 Å². The van der Waals surface area contributed by atoms with E-state index in [1.807, 2.05) is 12.1 Å². The molecule has 1 aromatic rings. The van der Waals surface area contributed by atoms with Gasteiger partial charge >= 0.3 is 5.97 Å². The van der Waals surface area contributed by atoms with Crippen molar-refractivity contribution in [1.29, 1.82) is 0 Å². The SMILES string of the molecule is COC(=O)C(N)CSSc1ccc(N=[N+]=[N-])cc1. The maximum atomic E-state index is 11.1. The van der Waals surface area contributed by atoms with Crippen LogP contribution < -0.4 is 5.73 Å². The van der Waals surface area contributed by atoms with Crippen molar-refractivity contribution >= 4 is 33.2 Å². The first-order valence-electron chi connectivity index (χ1n) is 4.95. The van der Waals surface area contributed by atoms with E-state index < -0.39 is 12.0 Å². The molecule has 0 bridgehead atoms. The number of hydrogen-bond acceptors (Lipinski definition) is 6. The average molecular weight is 284 g/mol. The molecular formula is C10H12N4O2S2. The fourth-order valence-corrected chi connectivity index (χ4v) is 3.13. The van der Waals surface area contributed by atoms with Gasteiger partial charge in [0.25, 0.3) is 0 Å².